The number of ether oxygens (including phenoxy) is 1. The van der Waals surface area contributed by atoms with E-state index in [1.54, 1.807) is 12.3 Å². The molecule has 0 unspecified atom stereocenters. The third-order valence-corrected chi connectivity index (χ3v) is 3.53. The van der Waals surface area contributed by atoms with Crippen LogP contribution in [0.25, 0.3) is 32.6 Å². The molecular formula is C15H10N2O2. The van der Waals surface area contributed by atoms with Gasteiger partial charge in [0.2, 0.25) is 5.43 Å². The Kier molecular flexibility index (Phi) is 1.87. The zero-order valence-corrected chi connectivity index (χ0v) is 10.2. The molecule has 2 aromatic heterocycles. The summed E-state index contributed by atoms with van der Waals surface area (Å²) < 4.78 is 5.10. The number of benzene rings is 1. The van der Waals surface area contributed by atoms with E-state index in [0.717, 1.165) is 27.2 Å². The molecule has 0 aliphatic rings. The molecule has 4 rings (SSSR count). The number of nitrogens with zero attached hydrogens (tertiary/aromatic N) is 1. The van der Waals surface area contributed by atoms with Crippen molar-refractivity contribution in [2.45, 2.75) is 0 Å². The highest BCUT2D eigenvalue weighted by molar-refractivity contribution is 6.27. The number of H-pyrrole nitrogens is 1. The average molecular weight is 250 g/mol. The molecule has 0 aliphatic heterocycles. The molecule has 0 spiro atoms. The van der Waals surface area contributed by atoms with E-state index in [2.05, 4.69) is 9.97 Å². The molecule has 0 radical (unpaired) electrons. The molecule has 2 aromatic carbocycles. The van der Waals surface area contributed by atoms with Crippen molar-refractivity contribution >= 4 is 32.6 Å². The van der Waals surface area contributed by atoms with Gasteiger partial charge in [-0.15, -0.1) is 0 Å². The third kappa shape index (κ3) is 1.18. The quantitative estimate of drug-likeness (QED) is 0.565. The molecule has 4 nitrogen and oxygen atoms in total. The molecule has 0 saturated carbocycles. The van der Waals surface area contributed by atoms with Gasteiger partial charge in [0.15, 0.2) is 0 Å². The molecule has 0 saturated heterocycles. The van der Waals surface area contributed by atoms with Crippen LogP contribution in [0.15, 0.2) is 41.3 Å². The van der Waals surface area contributed by atoms with E-state index < -0.39 is 0 Å². The van der Waals surface area contributed by atoms with Gasteiger partial charge in [-0.25, -0.2) is 4.98 Å². The first-order valence-electron chi connectivity index (χ1n) is 6.00. The molecule has 0 aliphatic carbocycles. The number of nitrogens with one attached hydrogen (secondary N) is 1. The average Bonchev–Trinajstić information content (AvgIpc) is 2.78. The summed E-state index contributed by atoms with van der Waals surface area (Å²) in [6.07, 6.45) is 1.78. The number of rotatable bonds is 1. The smallest absolute Gasteiger partial charge is 0.263 e. The highest BCUT2D eigenvalue weighted by Crippen LogP contribution is 2.35. The Labute approximate surface area is 108 Å². The van der Waals surface area contributed by atoms with Crippen LogP contribution in [0.4, 0.5) is 0 Å². The predicted molar refractivity (Wildman–Crippen MR) is 75.1 cm³/mol. The lowest BCUT2D eigenvalue weighted by Crippen LogP contribution is -2.07. The van der Waals surface area contributed by atoms with Gasteiger partial charge in [-0.2, -0.15) is 0 Å². The van der Waals surface area contributed by atoms with Crippen LogP contribution in [0.1, 0.15) is 0 Å². The number of methoxy groups -OCH3 is 1. The number of aromatic nitrogens is 2. The first-order valence-corrected chi connectivity index (χ1v) is 6.00. The number of aromatic amines is 1. The first kappa shape index (κ1) is 10.3. The molecule has 0 fully saturated rings. The maximum atomic E-state index is 12.2. The largest absolute Gasteiger partial charge is 0.478 e. The van der Waals surface area contributed by atoms with E-state index in [9.17, 15) is 4.79 Å². The number of hydrogen-bond donors (Lipinski definition) is 1. The monoisotopic (exact) mass is 250 g/mol. The lowest BCUT2D eigenvalue weighted by molar-refractivity contribution is 0.396. The lowest BCUT2D eigenvalue weighted by Gasteiger charge is -2.01. The number of pyridine rings is 2. The van der Waals surface area contributed by atoms with Crippen LogP contribution in [0.5, 0.6) is 5.88 Å². The maximum Gasteiger partial charge on any atom is 0.263 e. The molecule has 2 heterocycles. The van der Waals surface area contributed by atoms with E-state index in [-0.39, 0.29) is 11.3 Å². The van der Waals surface area contributed by atoms with Crippen LogP contribution in [-0.2, 0) is 0 Å². The van der Waals surface area contributed by atoms with Gasteiger partial charge in [0.05, 0.1) is 18.1 Å². The molecule has 0 atom stereocenters. The van der Waals surface area contributed by atoms with Crippen LogP contribution in [0.2, 0.25) is 0 Å². The van der Waals surface area contributed by atoms with Gasteiger partial charge >= 0.3 is 0 Å². The van der Waals surface area contributed by atoms with Crippen molar-refractivity contribution in [3.8, 4) is 5.88 Å². The van der Waals surface area contributed by atoms with E-state index in [0.29, 0.717) is 5.39 Å². The first-order chi connectivity index (χ1) is 9.31. The minimum absolute atomic E-state index is 0.149. The summed E-state index contributed by atoms with van der Waals surface area (Å²) in [6, 6.07) is 9.76. The van der Waals surface area contributed by atoms with Crippen molar-refractivity contribution in [3.05, 3.63) is 46.8 Å². The van der Waals surface area contributed by atoms with Gasteiger partial charge < -0.3 is 9.72 Å². The van der Waals surface area contributed by atoms with Crippen molar-refractivity contribution in [3.63, 3.8) is 0 Å². The molecule has 0 bridgehead atoms. The minimum Gasteiger partial charge on any atom is -0.478 e. The Balaban J connectivity index is 2.44. The Hall–Kier alpha value is -2.62. The highest BCUT2D eigenvalue weighted by Gasteiger charge is 2.17. The fourth-order valence-corrected chi connectivity index (χ4v) is 2.71. The van der Waals surface area contributed by atoms with E-state index in [4.69, 9.17) is 4.74 Å². The van der Waals surface area contributed by atoms with Crippen molar-refractivity contribution in [2.24, 2.45) is 0 Å². The van der Waals surface area contributed by atoms with Gasteiger partial charge in [-0.05, 0) is 6.07 Å². The Bertz CT molecular complexity index is 972. The van der Waals surface area contributed by atoms with Gasteiger partial charge in [-0.3, -0.25) is 4.79 Å². The molecule has 4 aromatic rings. The van der Waals surface area contributed by atoms with E-state index in [1.807, 2.05) is 24.3 Å². The number of fused-ring (bicyclic) bond motifs is 3. The van der Waals surface area contributed by atoms with Crippen molar-refractivity contribution < 1.29 is 4.74 Å². The second-order valence-corrected chi connectivity index (χ2v) is 4.49. The molecular weight excluding hydrogens is 240 g/mol. The third-order valence-electron chi connectivity index (χ3n) is 3.53. The molecule has 4 heteroatoms. The van der Waals surface area contributed by atoms with Crippen LogP contribution >= 0.6 is 0 Å². The fourth-order valence-electron chi connectivity index (χ4n) is 2.71. The van der Waals surface area contributed by atoms with Gasteiger partial charge in [0.1, 0.15) is 0 Å². The van der Waals surface area contributed by atoms with Gasteiger partial charge in [0, 0.05) is 27.7 Å². The maximum absolute atomic E-state index is 12.2. The summed E-state index contributed by atoms with van der Waals surface area (Å²) in [5.74, 6) is 0.149. The summed E-state index contributed by atoms with van der Waals surface area (Å²) in [6.45, 7) is 0. The molecule has 19 heavy (non-hydrogen) atoms. The molecule has 1 N–H and O–H groups in total. The SMILES string of the molecule is COc1nc2c3ccccc3c3[nH]ccc(c1=O)c23. The second kappa shape index (κ2) is 3.45. The zero-order chi connectivity index (χ0) is 13.0. The van der Waals surface area contributed by atoms with Gasteiger partial charge in [0.25, 0.3) is 5.88 Å². The summed E-state index contributed by atoms with van der Waals surface area (Å²) >= 11 is 0. The summed E-state index contributed by atoms with van der Waals surface area (Å²) in [5, 5.41) is 3.63. The van der Waals surface area contributed by atoms with Gasteiger partial charge in [-0.1, -0.05) is 24.3 Å². The van der Waals surface area contributed by atoms with Crippen molar-refractivity contribution in [2.75, 3.05) is 7.11 Å². The van der Waals surface area contributed by atoms with Crippen LogP contribution in [0.3, 0.4) is 0 Å². The topological polar surface area (TPSA) is 55.0 Å². The highest BCUT2D eigenvalue weighted by atomic mass is 16.5. The van der Waals surface area contributed by atoms with E-state index >= 15 is 0 Å². The van der Waals surface area contributed by atoms with Crippen molar-refractivity contribution in [1.29, 1.82) is 0 Å². The van der Waals surface area contributed by atoms with E-state index in [1.165, 1.54) is 7.11 Å². The predicted octanol–water partition coefficient (Wildman–Crippen LogP) is 2.68. The van der Waals surface area contributed by atoms with Crippen molar-refractivity contribution in [1.82, 2.24) is 9.97 Å². The molecule has 0 amide bonds. The van der Waals surface area contributed by atoms with Crippen LogP contribution in [-0.4, -0.2) is 17.1 Å². The lowest BCUT2D eigenvalue weighted by atomic mass is 10.2. The zero-order valence-electron chi connectivity index (χ0n) is 10.2. The second-order valence-electron chi connectivity index (χ2n) is 4.49. The standard InChI is InChI=1S/C15H10N2O2/c1-19-15-14(18)10-6-7-16-12-8-4-2-3-5-9(8)13(17-15)11(10)12/h2-7,16H,1H3. The van der Waals surface area contributed by atoms with Crippen LogP contribution < -0.4 is 10.2 Å². The normalized spacial score (nSPS) is 11.6. The van der Waals surface area contributed by atoms with Crippen LogP contribution in [0, 0.1) is 0 Å². The Morgan fingerprint density at radius 2 is 1.89 bits per heavy atom. The summed E-state index contributed by atoms with van der Waals surface area (Å²) in [5.41, 5.74) is 1.61. The molecule has 92 valence electrons. The fraction of sp³-hybridized carbons (Fsp3) is 0.0667. The Morgan fingerprint density at radius 1 is 1.11 bits per heavy atom. The summed E-state index contributed by atoms with van der Waals surface area (Å²) in [4.78, 5) is 19.8. The summed E-state index contributed by atoms with van der Waals surface area (Å²) in [7, 11) is 1.47. The minimum atomic E-state index is -0.163. The number of hydrogen-bond acceptors (Lipinski definition) is 3. The Morgan fingerprint density at radius 3 is 2.68 bits per heavy atom.